The molecular weight excluding hydrogens is 384 g/mol. The Labute approximate surface area is 150 Å². The van der Waals surface area contributed by atoms with Gasteiger partial charge in [-0.15, -0.1) is 0 Å². The Morgan fingerprint density at radius 1 is 0.400 bits per heavy atom. The second-order valence-corrected chi connectivity index (χ2v) is 7.95. The predicted octanol–water partition coefficient (Wildman–Crippen LogP) is -4.72. The normalized spacial score (nSPS) is 13.0. The van der Waals surface area contributed by atoms with Gasteiger partial charge in [0.05, 0.1) is 0 Å². The summed E-state index contributed by atoms with van der Waals surface area (Å²) in [5, 5.41) is 73.7. The van der Waals surface area contributed by atoms with E-state index >= 15 is 0 Å². The molecule has 13 heteroatoms. The molecule has 12 nitrogen and oxygen atoms in total. The molecule has 0 rings (SSSR count). The van der Waals surface area contributed by atoms with Gasteiger partial charge < -0.3 is 0 Å². The zero-order valence-corrected chi connectivity index (χ0v) is 15.2. The van der Waals surface area contributed by atoms with Crippen molar-refractivity contribution in [2.45, 2.75) is 24.4 Å². The van der Waals surface area contributed by atoms with E-state index in [-0.39, 0.29) is 0 Å². The van der Waals surface area contributed by atoms with Gasteiger partial charge in [0.15, 0.2) is 0 Å². The quantitative estimate of drug-likeness (QED) is 0.113. The molecule has 0 bridgehead atoms. The zero-order valence-electron chi connectivity index (χ0n) is 13.7. The Kier molecular flexibility index (Phi) is 14.4. The van der Waals surface area contributed by atoms with Crippen LogP contribution < -0.4 is 0 Å². The van der Waals surface area contributed by atoms with E-state index in [1.165, 1.54) is 0 Å². The molecule has 0 heterocycles. The van der Waals surface area contributed by atoms with Gasteiger partial charge in [0.1, 0.15) is 0 Å². The zero-order chi connectivity index (χ0) is 19.3. The third-order valence-electron chi connectivity index (χ3n) is 2.87. The molecular formula is C12H28O12Ti. The van der Waals surface area contributed by atoms with E-state index in [4.69, 9.17) is 13.3 Å². The van der Waals surface area contributed by atoms with Crippen molar-refractivity contribution >= 4 is 0 Å². The second-order valence-electron chi connectivity index (χ2n) is 4.92. The maximum atomic E-state index is 9.22. The van der Waals surface area contributed by atoms with Crippen LogP contribution in [0.1, 0.15) is 0 Å². The monoisotopic (exact) mass is 412 g/mol. The van der Waals surface area contributed by atoms with Gasteiger partial charge in [0.25, 0.3) is 0 Å². The Morgan fingerprint density at radius 3 is 0.680 bits per heavy atom. The first-order chi connectivity index (χ1) is 12.0. The third kappa shape index (κ3) is 9.13. The predicted molar refractivity (Wildman–Crippen MR) is 76.2 cm³/mol. The van der Waals surface area contributed by atoms with Gasteiger partial charge in [-0.2, -0.15) is 0 Å². The molecule has 0 aromatic rings. The number of rotatable bonds is 16. The van der Waals surface area contributed by atoms with Crippen molar-refractivity contribution in [3.8, 4) is 0 Å². The van der Waals surface area contributed by atoms with E-state index in [2.05, 4.69) is 0 Å². The summed E-state index contributed by atoms with van der Waals surface area (Å²) >= 11 is -5.13. The van der Waals surface area contributed by atoms with Gasteiger partial charge in [-0.3, -0.25) is 0 Å². The fraction of sp³-hybridized carbons (Fsp3) is 1.00. The summed E-state index contributed by atoms with van der Waals surface area (Å²) in [6.45, 7) is -5.38. The summed E-state index contributed by atoms with van der Waals surface area (Å²) in [6, 6.07) is 0. The minimum atomic E-state index is -5.13. The van der Waals surface area contributed by atoms with Crippen LogP contribution in [0, 0.1) is 0 Å². The molecule has 152 valence electrons. The molecule has 0 unspecified atom stereocenters. The second kappa shape index (κ2) is 14.3. The van der Waals surface area contributed by atoms with E-state index in [1.807, 2.05) is 0 Å². The van der Waals surface area contributed by atoms with Crippen LogP contribution in [-0.2, 0) is 31.4 Å². The van der Waals surface area contributed by atoms with Crippen LogP contribution in [0.5, 0.6) is 0 Å². The molecule has 0 atom stereocenters. The first kappa shape index (κ1) is 25.2. The van der Waals surface area contributed by atoms with Crippen LogP contribution in [0.2, 0.25) is 0 Å². The summed E-state index contributed by atoms with van der Waals surface area (Å²) in [5.74, 6) is 0. The Bertz CT molecular complexity index is 245. The first-order valence-electron chi connectivity index (χ1n) is 7.56. The van der Waals surface area contributed by atoms with Gasteiger partial charge in [-0.1, -0.05) is 0 Å². The molecule has 8 N–H and O–H groups in total. The molecule has 0 aliphatic rings. The molecule has 0 aromatic heterocycles. The SMILES string of the molecule is OCC(CO)[O][Ti]([O]C(CO)CO)([O]C(CO)CO)[O]C(CO)CO. The summed E-state index contributed by atoms with van der Waals surface area (Å²) < 4.78 is 21.6. The van der Waals surface area contributed by atoms with Crippen molar-refractivity contribution in [2.75, 3.05) is 52.9 Å². The van der Waals surface area contributed by atoms with E-state index in [9.17, 15) is 40.9 Å². The minimum absolute atomic E-state index is 0.672. The van der Waals surface area contributed by atoms with E-state index < -0.39 is 95.4 Å². The van der Waals surface area contributed by atoms with Crippen molar-refractivity contribution in [2.24, 2.45) is 0 Å². The molecule has 0 saturated carbocycles. The maximum absolute atomic E-state index is 9.22. The Hall–Kier alpha value is 0.234. The average molecular weight is 412 g/mol. The van der Waals surface area contributed by atoms with Crippen LogP contribution >= 0.6 is 0 Å². The van der Waals surface area contributed by atoms with Crippen molar-refractivity contribution in [1.82, 2.24) is 0 Å². The van der Waals surface area contributed by atoms with Crippen molar-refractivity contribution in [3.63, 3.8) is 0 Å². The molecule has 25 heavy (non-hydrogen) atoms. The fourth-order valence-corrected chi connectivity index (χ4v) is 5.51. The van der Waals surface area contributed by atoms with Gasteiger partial charge in [0, 0.05) is 0 Å². The standard InChI is InChI=1S/4C3H7O3.Ti/c4*4-1-3(6)2-5;/h4*3-5H,1-2H2;/q4*-1;+4. The van der Waals surface area contributed by atoms with Crippen molar-refractivity contribution in [1.29, 1.82) is 0 Å². The van der Waals surface area contributed by atoms with Crippen LogP contribution in [-0.4, -0.2) is 118 Å². The third-order valence-corrected chi connectivity index (χ3v) is 6.76. The summed E-state index contributed by atoms with van der Waals surface area (Å²) in [7, 11) is 0. The molecule has 0 saturated heterocycles. The topological polar surface area (TPSA) is 199 Å². The first-order valence-corrected chi connectivity index (χ1v) is 10.1. The summed E-state index contributed by atoms with van der Waals surface area (Å²) in [5.41, 5.74) is 0. The Morgan fingerprint density at radius 2 is 0.560 bits per heavy atom. The average Bonchev–Trinajstić information content (AvgIpc) is 2.66. The molecule has 0 amide bonds. The molecule has 0 aromatic carbocycles. The molecule has 0 spiro atoms. The van der Waals surface area contributed by atoms with Crippen LogP contribution in [0.25, 0.3) is 0 Å². The molecule has 0 radical (unpaired) electrons. The fourth-order valence-electron chi connectivity index (χ4n) is 1.51. The van der Waals surface area contributed by atoms with E-state index in [0.29, 0.717) is 0 Å². The van der Waals surface area contributed by atoms with Crippen LogP contribution in [0.3, 0.4) is 0 Å². The van der Waals surface area contributed by atoms with E-state index in [0.717, 1.165) is 0 Å². The van der Waals surface area contributed by atoms with Gasteiger partial charge in [-0.25, -0.2) is 0 Å². The summed E-state index contributed by atoms with van der Waals surface area (Å²) in [6.07, 6.45) is -4.97. The number of hydrogen-bond donors (Lipinski definition) is 8. The molecule has 0 aliphatic carbocycles. The Balaban J connectivity index is 5.69. The van der Waals surface area contributed by atoms with Gasteiger partial charge in [0.2, 0.25) is 0 Å². The number of aliphatic hydroxyl groups is 8. The van der Waals surface area contributed by atoms with Crippen molar-refractivity contribution < 1.29 is 72.3 Å². The molecule has 0 fully saturated rings. The van der Waals surface area contributed by atoms with E-state index in [1.54, 1.807) is 0 Å². The van der Waals surface area contributed by atoms with Crippen LogP contribution in [0.4, 0.5) is 0 Å². The molecule has 0 aliphatic heterocycles. The van der Waals surface area contributed by atoms with Gasteiger partial charge in [-0.05, 0) is 0 Å². The van der Waals surface area contributed by atoms with Crippen LogP contribution in [0.15, 0.2) is 0 Å². The summed E-state index contributed by atoms with van der Waals surface area (Å²) in [4.78, 5) is 0. The number of hydrogen-bond acceptors (Lipinski definition) is 12. The number of aliphatic hydroxyl groups excluding tert-OH is 8. The van der Waals surface area contributed by atoms with Crippen molar-refractivity contribution in [3.05, 3.63) is 0 Å². The van der Waals surface area contributed by atoms with Gasteiger partial charge >= 0.3 is 150 Å².